The van der Waals surface area contributed by atoms with Crippen LogP contribution in [-0.4, -0.2) is 35.0 Å². The van der Waals surface area contributed by atoms with Crippen LogP contribution in [0.3, 0.4) is 0 Å². The number of carbonyl (C=O) groups excluding carboxylic acids is 2. The van der Waals surface area contributed by atoms with Gasteiger partial charge in [-0.25, -0.2) is 0 Å². The third kappa shape index (κ3) is 2.69. The van der Waals surface area contributed by atoms with Crippen LogP contribution in [0, 0.1) is 6.92 Å². The van der Waals surface area contributed by atoms with E-state index in [9.17, 15) is 9.59 Å². The Morgan fingerprint density at radius 3 is 2.79 bits per heavy atom. The lowest BCUT2D eigenvalue weighted by atomic mass is 10.2. The van der Waals surface area contributed by atoms with Gasteiger partial charge >= 0.3 is 0 Å². The van der Waals surface area contributed by atoms with Gasteiger partial charge < -0.3 is 10.4 Å². The molecule has 0 atom stereocenters. The lowest BCUT2D eigenvalue weighted by Gasteiger charge is -2.14. The topological polar surface area (TPSA) is 69.6 Å². The summed E-state index contributed by atoms with van der Waals surface area (Å²) in [6.45, 7) is 1.70. The third-order valence-corrected chi connectivity index (χ3v) is 3.85. The number of carbonyl (C=O) groups is 2. The van der Waals surface area contributed by atoms with Gasteiger partial charge in [-0.05, 0) is 34.5 Å². The van der Waals surface area contributed by atoms with E-state index < -0.39 is 11.8 Å². The van der Waals surface area contributed by atoms with Gasteiger partial charge in [-0.1, -0.05) is 12.1 Å². The Labute approximate surface area is 119 Å². The van der Waals surface area contributed by atoms with Crippen LogP contribution in [-0.2, 0) is 9.59 Å². The third-order valence-electron chi connectivity index (χ3n) is 2.79. The van der Waals surface area contributed by atoms with E-state index in [0.717, 1.165) is 20.6 Å². The fraction of sp³-hybridized carbons (Fsp3) is 0.231. The number of nitrogens with zero attached hydrogens (tertiary/aromatic N) is 1. The number of benzene rings is 1. The molecule has 19 heavy (non-hydrogen) atoms. The van der Waals surface area contributed by atoms with Crippen LogP contribution < -0.4 is 5.32 Å². The molecule has 2 amide bonds. The van der Waals surface area contributed by atoms with Crippen LogP contribution in [0.15, 0.2) is 34.4 Å². The molecule has 2 rings (SSSR count). The predicted molar refractivity (Wildman–Crippen MR) is 74.4 cm³/mol. The van der Waals surface area contributed by atoms with E-state index in [0.29, 0.717) is 0 Å². The highest BCUT2D eigenvalue weighted by Gasteiger charge is 2.30. The monoisotopic (exact) mass is 324 g/mol. The zero-order valence-electron chi connectivity index (χ0n) is 10.3. The highest BCUT2D eigenvalue weighted by atomic mass is 79.9. The molecule has 0 saturated carbocycles. The molecule has 1 heterocycles. The molecular formula is C13H13BrN2O3. The van der Waals surface area contributed by atoms with E-state index in [4.69, 9.17) is 5.11 Å². The first-order chi connectivity index (χ1) is 9.04. The van der Waals surface area contributed by atoms with Gasteiger partial charge in [-0.2, -0.15) is 0 Å². The molecule has 5 nitrogen and oxygen atoms in total. The summed E-state index contributed by atoms with van der Waals surface area (Å²) in [5.41, 5.74) is 1.96. The largest absolute Gasteiger partial charge is 0.395 e. The van der Waals surface area contributed by atoms with Crippen molar-refractivity contribution in [3.63, 3.8) is 0 Å². The van der Waals surface area contributed by atoms with Crippen LogP contribution >= 0.6 is 15.9 Å². The number of amides is 2. The van der Waals surface area contributed by atoms with Crippen molar-refractivity contribution < 1.29 is 14.7 Å². The van der Waals surface area contributed by atoms with E-state index >= 15 is 0 Å². The summed E-state index contributed by atoms with van der Waals surface area (Å²) in [6.07, 6.45) is 1.24. The first-order valence-electron chi connectivity index (χ1n) is 5.75. The first-order valence-corrected chi connectivity index (χ1v) is 6.54. The standard InChI is InChI=1S/C13H13BrN2O3/c1-8-3-2-4-9(12(8)14)15-10-7-11(18)16(5-6-17)13(10)19/h2-4,7,15,17H,5-6H2,1H3. The zero-order chi connectivity index (χ0) is 14.0. The number of anilines is 1. The van der Waals surface area contributed by atoms with Crippen LogP contribution in [0.5, 0.6) is 0 Å². The maximum absolute atomic E-state index is 12.0. The molecule has 0 saturated heterocycles. The highest BCUT2D eigenvalue weighted by molar-refractivity contribution is 9.10. The number of aliphatic hydroxyl groups excluding tert-OH is 1. The second-order valence-electron chi connectivity index (χ2n) is 4.14. The molecule has 1 aromatic rings. The number of rotatable bonds is 4. The van der Waals surface area contributed by atoms with Crippen molar-refractivity contribution >= 4 is 33.4 Å². The lowest BCUT2D eigenvalue weighted by molar-refractivity contribution is -0.137. The molecule has 100 valence electrons. The van der Waals surface area contributed by atoms with Gasteiger partial charge in [-0.15, -0.1) is 0 Å². The van der Waals surface area contributed by atoms with E-state index in [1.165, 1.54) is 6.08 Å². The van der Waals surface area contributed by atoms with E-state index in [1.807, 2.05) is 25.1 Å². The number of aliphatic hydroxyl groups is 1. The minimum atomic E-state index is -0.424. The minimum Gasteiger partial charge on any atom is -0.395 e. The van der Waals surface area contributed by atoms with Gasteiger partial charge in [0.2, 0.25) is 0 Å². The van der Waals surface area contributed by atoms with Gasteiger partial charge in [0.1, 0.15) is 5.70 Å². The zero-order valence-corrected chi connectivity index (χ0v) is 11.9. The number of halogens is 1. The van der Waals surface area contributed by atoms with Crippen LogP contribution in [0.4, 0.5) is 5.69 Å². The van der Waals surface area contributed by atoms with E-state index in [-0.39, 0.29) is 18.8 Å². The molecule has 2 N–H and O–H groups in total. The highest BCUT2D eigenvalue weighted by Crippen LogP contribution is 2.28. The Kier molecular flexibility index (Phi) is 4.01. The number of β-amino-alcohol motifs (C(OH)–C–C–N with tert-alkyl or cyclic N) is 1. The van der Waals surface area contributed by atoms with Crippen LogP contribution in [0.2, 0.25) is 0 Å². The first kappa shape index (κ1) is 13.8. The number of imide groups is 1. The Morgan fingerprint density at radius 1 is 1.37 bits per heavy atom. The summed E-state index contributed by atoms with van der Waals surface area (Å²) in [5, 5.41) is 11.8. The smallest absolute Gasteiger partial charge is 0.277 e. The maximum Gasteiger partial charge on any atom is 0.277 e. The maximum atomic E-state index is 12.0. The molecule has 0 aliphatic carbocycles. The predicted octanol–water partition coefficient (Wildman–Crippen LogP) is 1.41. The minimum absolute atomic E-state index is 0.00827. The molecule has 6 heteroatoms. The molecule has 0 aromatic heterocycles. The molecule has 1 aliphatic rings. The summed E-state index contributed by atoms with van der Waals surface area (Å²) in [4.78, 5) is 24.6. The average molecular weight is 325 g/mol. The van der Waals surface area contributed by atoms with Crippen molar-refractivity contribution in [3.8, 4) is 0 Å². The molecular weight excluding hydrogens is 312 g/mol. The van der Waals surface area contributed by atoms with Crippen molar-refractivity contribution in [1.29, 1.82) is 0 Å². The normalized spacial score (nSPS) is 14.9. The van der Waals surface area contributed by atoms with Gasteiger partial charge in [0.15, 0.2) is 0 Å². The molecule has 0 radical (unpaired) electrons. The summed E-state index contributed by atoms with van der Waals surface area (Å²) < 4.78 is 0.844. The van der Waals surface area contributed by atoms with Gasteiger partial charge in [0, 0.05) is 10.5 Å². The van der Waals surface area contributed by atoms with Crippen molar-refractivity contribution in [2.24, 2.45) is 0 Å². The summed E-state index contributed by atoms with van der Waals surface area (Å²) >= 11 is 3.43. The molecule has 0 fully saturated rings. The Morgan fingerprint density at radius 2 is 2.11 bits per heavy atom. The van der Waals surface area contributed by atoms with E-state index in [2.05, 4.69) is 21.2 Å². The second-order valence-corrected chi connectivity index (χ2v) is 4.93. The number of hydrogen-bond acceptors (Lipinski definition) is 4. The summed E-state index contributed by atoms with van der Waals surface area (Å²) in [7, 11) is 0. The molecule has 1 aromatic carbocycles. The van der Waals surface area contributed by atoms with Gasteiger partial charge in [0.25, 0.3) is 11.8 Å². The summed E-state index contributed by atoms with van der Waals surface area (Å²) in [6, 6.07) is 5.60. The Hall–Kier alpha value is -1.66. The van der Waals surface area contributed by atoms with Crippen LogP contribution in [0.25, 0.3) is 0 Å². The van der Waals surface area contributed by atoms with Crippen molar-refractivity contribution in [1.82, 2.24) is 4.90 Å². The number of hydrogen-bond donors (Lipinski definition) is 2. The second kappa shape index (κ2) is 5.54. The molecule has 1 aliphatic heterocycles. The van der Waals surface area contributed by atoms with Crippen LogP contribution in [0.1, 0.15) is 5.56 Å². The lowest BCUT2D eigenvalue weighted by Crippen LogP contribution is -2.34. The molecule has 0 bridgehead atoms. The quantitative estimate of drug-likeness (QED) is 0.822. The fourth-order valence-electron chi connectivity index (χ4n) is 1.80. The SMILES string of the molecule is Cc1cccc(NC2=CC(=O)N(CCO)C2=O)c1Br. The number of aryl methyl sites for hydroxylation is 1. The van der Waals surface area contributed by atoms with Gasteiger partial charge in [-0.3, -0.25) is 14.5 Å². The molecule has 0 unspecified atom stereocenters. The molecule has 0 spiro atoms. The van der Waals surface area contributed by atoms with Crippen molar-refractivity contribution in [3.05, 3.63) is 40.0 Å². The van der Waals surface area contributed by atoms with Gasteiger partial charge in [0.05, 0.1) is 18.8 Å². The fourth-order valence-corrected chi connectivity index (χ4v) is 2.16. The Balaban J connectivity index is 2.21. The summed E-state index contributed by atoms with van der Waals surface area (Å²) in [5.74, 6) is -0.835. The Bertz CT molecular complexity index is 569. The van der Waals surface area contributed by atoms with Crippen molar-refractivity contribution in [2.45, 2.75) is 6.92 Å². The average Bonchev–Trinajstić information content (AvgIpc) is 2.63. The van der Waals surface area contributed by atoms with Crippen molar-refractivity contribution in [2.75, 3.05) is 18.5 Å². The number of nitrogens with one attached hydrogen (secondary N) is 1. The van der Waals surface area contributed by atoms with E-state index in [1.54, 1.807) is 0 Å².